The van der Waals surface area contributed by atoms with E-state index in [9.17, 15) is 0 Å². The van der Waals surface area contributed by atoms with Crippen molar-refractivity contribution in [3.05, 3.63) is 17.7 Å². The van der Waals surface area contributed by atoms with Crippen LogP contribution in [0.3, 0.4) is 0 Å². The second-order valence-electron chi connectivity index (χ2n) is 4.85. The Bertz CT molecular complexity index is 317. The molecule has 3 heteroatoms. The molecule has 1 aromatic heterocycles. The lowest BCUT2D eigenvalue weighted by Gasteiger charge is -2.14. The van der Waals surface area contributed by atoms with E-state index < -0.39 is 0 Å². The van der Waals surface area contributed by atoms with Gasteiger partial charge in [0, 0.05) is 12.6 Å². The summed E-state index contributed by atoms with van der Waals surface area (Å²) in [7, 11) is 0. The first-order chi connectivity index (χ1) is 8.19. The molecule has 0 aliphatic rings. The van der Waals surface area contributed by atoms with Crippen molar-refractivity contribution in [3.8, 4) is 0 Å². The van der Waals surface area contributed by atoms with Crippen LogP contribution in [0.25, 0.3) is 0 Å². The molecule has 0 saturated carbocycles. The summed E-state index contributed by atoms with van der Waals surface area (Å²) in [4.78, 5) is 4.58. The minimum absolute atomic E-state index is 0.0850. The summed E-state index contributed by atoms with van der Waals surface area (Å²) in [5, 5.41) is 0. The van der Waals surface area contributed by atoms with E-state index >= 15 is 0 Å². The molecule has 1 aromatic rings. The molecule has 98 valence electrons. The van der Waals surface area contributed by atoms with Gasteiger partial charge < -0.3 is 10.3 Å². The third-order valence-corrected chi connectivity index (χ3v) is 3.21. The molecule has 1 atom stereocenters. The summed E-state index contributed by atoms with van der Waals surface area (Å²) < 4.78 is 2.15. The smallest absolute Gasteiger partial charge is 0.110 e. The lowest BCUT2D eigenvalue weighted by Crippen LogP contribution is -2.19. The number of unbranched alkanes of at least 4 members (excludes halogenated alkanes) is 4. The van der Waals surface area contributed by atoms with Crippen molar-refractivity contribution < 1.29 is 0 Å². The van der Waals surface area contributed by atoms with Crippen molar-refractivity contribution >= 4 is 0 Å². The minimum Gasteiger partial charge on any atom is -0.319 e. The van der Waals surface area contributed by atoms with Gasteiger partial charge >= 0.3 is 0 Å². The van der Waals surface area contributed by atoms with E-state index in [1.165, 1.54) is 32.1 Å². The van der Waals surface area contributed by atoms with Crippen LogP contribution in [0.4, 0.5) is 0 Å². The van der Waals surface area contributed by atoms with Crippen LogP contribution in [0.15, 0.2) is 6.20 Å². The van der Waals surface area contributed by atoms with Gasteiger partial charge in [0.05, 0.1) is 11.9 Å². The van der Waals surface area contributed by atoms with Crippen LogP contribution in [-0.2, 0) is 6.42 Å². The van der Waals surface area contributed by atoms with Crippen LogP contribution in [-0.4, -0.2) is 9.55 Å². The predicted molar refractivity (Wildman–Crippen MR) is 72.9 cm³/mol. The number of hydrogen-bond donors (Lipinski definition) is 1. The van der Waals surface area contributed by atoms with Crippen molar-refractivity contribution in [2.45, 2.75) is 71.9 Å². The molecule has 0 radical (unpaired) electrons. The number of nitrogens with two attached hydrogens (primary N) is 1. The van der Waals surface area contributed by atoms with E-state index in [-0.39, 0.29) is 6.17 Å². The average Bonchev–Trinajstić information content (AvgIpc) is 2.69. The Labute approximate surface area is 105 Å². The topological polar surface area (TPSA) is 43.8 Å². The van der Waals surface area contributed by atoms with Crippen LogP contribution in [0.2, 0.25) is 0 Å². The zero-order chi connectivity index (χ0) is 12.7. The summed E-state index contributed by atoms with van der Waals surface area (Å²) in [5.41, 5.74) is 7.16. The fraction of sp³-hybridized carbons (Fsp3) is 0.786. The Morgan fingerprint density at radius 1 is 1.24 bits per heavy atom. The van der Waals surface area contributed by atoms with Crippen LogP contribution >= 0.6 is 0 Å². The number of aromatic nitrogens is 2. The highest BCUT2D eigenvalue weighted by atomic mass is 15.2. The number of rotatable bonds is 8. The van der Waals surface area contributed by atoms with Gasteiger partial charge in [-0.1, -0.05) is 39.5 Å². The van der Waals surface area contributed by atoms with Crippen LogP contribution in [0.1, 0.15) is 70.1 Å². The Kier molecular flexibility index (Phi) is 6.27. The Hall–Kier alpha value is -0.830. The molecule has 1 rings (SSSR count). The fourth-order valence-electron chi connectivity index (χ4n) is 2.12. The summed E-state index contributed by atoms with van der Waals surface area (Å²) in [5.74, 6) is 1.16. The first-order valence-electron chi connectivity index (χ1n) is 6.99. The minimum atomic E-state index is 0.0850. The summed E-state index contributed by atoms with van der Waals surface area (Å²) in [6.07, 6.45) is 10.7. The first kappa shape index (κ1) is 14.2. The molecule has 3 nitrogen and oxygen atoms in total. The fourth-order valence-corrected chi connectivity index (χ4v) is 2.12. The van der Waals surface area contributed by atoms with E-state index in [1.54, 1.807) is 0 Å². The highest BCUT2D eigenvalue weighted by molar-refractivity contribution is 5.03. The lowest BCUT2D eigenvalue weighted by molar-refractivity contribution is 0.479. The van der Waals surface area contributed by atoms with Gasteiger partial charge in [-0.2, -0.15) is 0 Å². The van der Waals surface area contributed by atoms with E-state index in [4.69, 9.17) is 5.73 Å². The molecule has 2 N–H and O–H groups in total. The molecule has 0 aliphatic heterocycles. The highest BCUT2D eigenvalue weighted by Crippen LogP contribution is 2.14. The number of nitrogens with zero attached hydrogens (tertiary/aromatic N) is 2. The predicted octanol–water partition coefficient (Wildman–Crippen LogP) is 3.57. The quantitative estimate of drug-likeness (QED) is 0.702. The standard InChI is InChI=1S/C14H27N3/c1-4-6-7-8-9-10-14-16-12(3)11-17(14)13(15)5-2/h11,13H,4-10,15H2,1-3H3. The van der Waals surface area contributed by atoms with Gasteiger partial charge in [-0.3, -0.25) is 0 Å². The van der Waals surface area contributed by atoms with Crippen LogP contribution < -0.4 is 5.73 Å². The molecule has 0 spiro atoms. The molecule has 0 aliphatic carbocycles. The zero-order valence-corrected chi connectivity index (χ0v) is 11.6. The van der Waals surface area contributed by atoms with Crippen molar-refractivity contribution in [1.29, 1.82) is 0 Å². The second-order valence-corrected chi connectivity index (χ2v) is 4.85. The number of imidazole rings is 1. The van der Waals surface area contributed by atoms with Gasteiger partial charge in [-0.05, 0) is 19.8 Å². The van der Waals surface area contributed by atoms with Crippen molar-refractivity contribution in [2.75, 3.05) is 0 Å². The molecule has 0 aromatic carbocycles. The Morgan fingerprint density at radius 3 is 2.59 bits per heavy atom. The van der Waals surface area contributed by atoms with Gasteiger partial charge in [-0.15, -0.1) is 0 Å². The highest BCUT2D eigenvalue weighted by Gasteiger charge is 2.10. The van der Waals surface area contributed by atoms with Gasteiger partial charge in [0.15, 0.2) is 0 Å². The maximum atomic E-state index is 6.08. The third kappa shape index (κ3) is 4.50. The molecule has 1 heterocycles. The average molecular weight is 237 g/mol. The maximum absolute atomic E-state index is 6.08. The van der Waals surface area contributed by atoms with Crippen molar-refractivity contribution in [1.82, 2.24) is 9.55 Å². The van der Waals surface area contributed by atoms with Gasteiger partial charge in [-0.25, -0.2) is 4.98 Å². The molecule has 0 fully saturated rings. The Balaban J connectivity index is 2.46. The maximum Gasteiger partial charge on any atom is 0.110 e. The van der Waals surface area contributed by atoms with Crippen molar-refractivity contribution in [3.63, 3.8) is 0 Å². The monoisotopic (exact) mass is 237 g/mol. The normalized spacial score (nSPS) is 12.9. The second kappa shape index (κ2) is 7.49. The third-order valence-electron chi connectivity index (χ3n) is 3.21. The summed E-state index contributed by atoms with van der Waals surface area (Å²) in [6, 6.07) is 0. The van der Waals surface area contributed by atoms with Gasteiger partial charge in [0.1, 0.15) is 5.82 Å². The molecule has 17 heavy (non-hydrogen) atoms. The van der Waals surface area contributed by atoms with Crippen LogP contribution in [0.5, 0.6) is 0 Å². The largest absolute Gasteiger partial charge is 0.319 e. The molecular formula is C14H27N3. The van der Waals surface area contributed by atoms with Crippen LogP contribution in [0, 0.1) is 6.92 Å². The van der Waals surface area contributed by atoms with E-state index in [1.807, 2.05) is 6.92 Å². The molecule has 0 bridgehead atoms. The molecule has 0 saturated heterocycles. The number of hydrogen-bond acceptors (Lipinski definition) is 2. The zero-order valence-electron chi connectivity index (χ0n) is 11.6. The molecular weight excluding hydrogens is 210 g/mol. The summed E-state index contributed by atoms with van der Waals surface area (Å²) >= 11 is 0. The molecule has 1 unspecified atom stereocenters. The lowest BCUT2D eigenvalue weighted by atomic mass is 10.1. The summed E-state index contributed by atoms with van der Waals surface area (Å²) in [6.45, 7) is 6.40. The number of aryl methyl sites for hydroxylation is 2. The molecule has 0 amide bonds. The first-order valence-corrected chi connectivity index (χ1v) is 6.99. The van der Waals surface area contributed by atoms with Gasteiger partial charge in [0.25, 0.3) is 0 Å². The van der Waals surface area contributed by atoms with Gasteiger partial charge in [0.2, 0.25) is 0 Å². The SMILES string of the molecule is CCCCCCCc1nc(C)cn1C(N)CC. The van der Waals surface area contributed by atoms with E-state index in [0.29, 0.717) is 0 Å². The van der Waals surface area contributed by atoms with Crippen molar-refractivity contribution in [2.24, 2.45) is 5.73 Å². The van der Waals surface area contributed by atoms with E-state index in [2.05, 4.69) is 29.6 Å². The Morgan fingerprint density at radius 2 is 1.94 bits per heavy atom. The van der Waals surface area contributed by atoms with E-state index in [0.717, 1.165) is 24.4 Å².